The monoisotopic (exact) mass is 389 g/mol. The lowest BCUT2D eigenvalue weighted by Crippen LogP contribution is -3.00. The fraction of sp³-hybridized carbons (Fsp3) is 0.167. The Bertz CT molecular complexity index is 971. The number of carbonyl (C=O) groups excluding carboxylic acids is 1. The minimum absolute atomic E-state index is 0.223. The Morgan fingerprint density at radius 1 is 0.897 bits per heavy atom. The number of carbonyl (C=O) groups is 2. The van der Waals surface area contributed by atoms with Crippen molar-refractivity contribution in [3.05, 3.63) is 89.0 Å². The molecule has 2 aromatic rings. The number of carboxylic acids is 1. The van der Waals surface area contributed by atoms with Crippen LogP contribution in [0.15, 0.2) is 77.9 Å². The Hall–Kier alpha value is -3.44. The van der Waals surface area contributed by atoms with E-state index in [1.54, 1.807) is 6.08 Å². The van der Waals surface area contributed by atoms with E-state index in [0.29, 0.717) is 5.57 Å². The summed E-state index contributed by atoms with van der Waals surface area (Å²) in [4.78, 5) is 26.7. The molecule has 148 valence electrons. The summed E-state index contributed by atoms with van der Waals surface area (Å²) in [5.74, 6) is -1.71. The van der Waals surface area contributed by atoms with Gasteiger partial charge >= 0.3 is 5.97 Å². The summed E-state index contributed by atoms with van der Waals surface area (Å²) >= 11 is 0. The molecule has 0 amide bonds. The molecule has 29 heavy (non-hydrogen) atoms. The molecule has 0 fully saturated rings. The normalized spacial score (nSPS) is 15.3. The summed E-state index contributed by atoms with van der Waals surface area (Å²) < 4.78 is 0. The highest BCUT2D eigenvalue weighted by Crippen LogP contribution is 2.32. The first-order chi connectivity index (χ1) is 13.8. The van der Waals surface area contributed by atoms with Crippen LogP contribution < -0.4 is 9.80 Å². The molecule has 2 N–H and O–H groups in total. The van der Waals surface area contributed by atoms with Crippen molar-refractivity contribution in [2.24, 2.45) is 0 Å². The van der Waals surface area contributed by atoms with Crippen LogP contribution in [-0.4, -0.2) is 45.0 Å². The molecule has 0 heterocycles. The van der Waals surface area contributed by atoms with Gasteiger partial charge in [-0.25, -0.2) is 4.79 Å². The number of hydrogen-bond donors (Lipinski definition) is 2. The lowest BCUT2D eigenvalue weighted by molar-refractivity contribution is -0.786. The Morgan fingerprint density at radius 3 is 1.93 bits per heavy atom. The van der Waals surface area contributed by atoms with Crippen LogP contribution >= 0.6 is 0 Å². The Balaban J connectivity index is 2.20. The Labute approximate surface area is 170 Å². The van der Waals surface area contributed by atoms with Crippen molar-refractivity contribution in [3.63, 3.8) is 0 Å². The van der Waals surface area contributed by atoms with Gasteiger partial charge in [-0.3, -0.25) is 4.79 Å². The van der Waals surface area contributed by atoms with Gasteiger partial charge in [0.2, 0.25) is 0 Å². The highest BCUT2D eigenvalue weighted by Gasteiger charge is 2.21. The number of carboxylic acid groups (broad SMARTS) is 1. The molecule has 1 aliphatic carbocycles. The zero-order chi connectivity index (χ0) is 21.1. The van der Waals surface area contributed by atoms with Crippen molar-refractivity contribution in [2.45, 2.75) is 0 Å². The van der Waals surface area contributed by atoms with E-state index in [4.69, 9.17) is 0 Å². The molecule has 0 radical (unpaired) electrons. The van der Waals surface area contributed by atoms with E-state index in [1.165, 1.54) is 17.1 Å². The van der Waals surface area contributed by atoms with E-state index in [2.05, 4.69) is 26.2 Å². The Morgan fingerprint density at radius 2 is 1.45 bits per heavy atom. The lowest BCUT2D eigenvalue weighted by Gasteiger charge is -2.17. The van der Waals surface area contributed by atoms with Gasteiger partial charge in [0.25, 0.3) is 0 Å². The van der Waals surface area contributed by atoms with Crippen LogP contribution in [0.5, 0.6) is 0 Å². The van der Waals surface area contributed by atoms with Crippen LogP contribution in [-0.2, 0) is 9.59 Å². The second-order valence-corrected chi connectivity index (χ2v) is 7.41. The van der Waals surface area contributed by atoms with E-state index in [-0.39, 0.29) is 5.57 Å². The van der Waals surface area contributed by atoms with Gasteiger partial charge in [0.05, 0.1) is 14.1 Å². The molecule has 0 saturated heterocycles. The lowest BCUT2D eigenvalue weighted by atomic mass is 9.89. The first-order valence-electron chi connectivity index (χ1n) is 9.38. The number of rotatable bonds is 5. The molecule has 0 bridgehead atoms. The van der Waals surface area contributed by atoms with Crippen LogP contribution in [0.1, 0.15) is 11.1 Å². The maximum atomic E-state index is 11.9. The number of aliphatic carboxylic acids is 1. The second kappa shape index (κ2) is 8.29. The number of allylic oxidation sites excluding steroid dienone is 4. The summed E-state index contributed by atoms with van der Waals surface area (Å²) in [5, 5.41) is 9.39. The number of anilines is 1. The fourth-order valence-electron chi connectivity index (χ4n) is 3.25. The quantitative estimate of drug-likeness (QED) is 0.772. The maximum absolute atomic E-state index is 11.9. The second-order valence-electron chi connectivity index (χ2n) is 7.41. The van der Waals surface area contributed by atoms with Crippen LogP contribution in [0.4, 0.5) is 11.4 Å². The van der Waals surface area contributed by atoms with Crippen LogP contribution in [0.3, 0.4) is 0 Å². The summed E-state index contributed by atoms with van der Waals surface area (Å²) in [6.45, 7) is 0. The molecular weight excluding hydrogens is 364 g/mol. The number of nitrogens with one attached hydrogen (secondary N) is 1. The maximum Gasteiger partial charge on any atom is 0.339 e. The van der Waals surface area contributed by atoms with Crippen molar-refractivity contribution in [1.29, 1.82) is 0 Å². The predicted molar refractivity (Wildman–Crippen MR) is 116 cm³/mol. The van der Waals surface area contributed by atoms with Gasteiger partial charge in [-0.1, -0.05) is 18.2 Å². The van der Waals surface area contributed by atoms with Gasteiger partial charge in [0, 0.05) is 19.8 Å². The number of hydrogen-bond acceptors (Lipinski definition) is 3. The number of quaternary nitrogens is 1. The van der Waals surface area contributed by atoms with Crippen LogP contribution in [0.2, 0.25) is 0 Å². The first kappa shape index (κ1) is 20.3. The minimum atomic E-state index is -1.22. The van der Waals surface area contributed by atoms with E-state index < -0.39 is 11.8 Å². The van der Waals surface area contributed by atoms with Gasteiger partial charge in [0.15, 0.2) is 5.78 Å². The SMILES string of the molecule is CN(C)c1ccc(C(=C2C=CC(=O)C(C(=O)O)=C2)c2ccc([NH+](C)C)cc2)cc1. The van der Waals surface area contributed by atoms with Crippen LogP contribution in [0.25, 0.3) is 5.57 Å². The molecule has 2 aromatic carbocycles. The highest BCUT2D eigenvalue weighted by molar-refractivity contribution is 6.23. The third kappa shape index (κ3) is 4.36. The molecule has 5 heteroatoms. The topological polar surface area (TPSA) is 62.0 Å². The fourth-order valence-corrected chi connectivity index (χ4v) is 3.25. The van der Waals surface area contributed by atoms with Crippen molar-refractivity contribution >= 4 is 28.7 Å². The average molecular weight is 389 g/mol. The van der Waals surface area contributed by atoms with E-state index in [9.17, 15) is 14.7 Å². The molecule has 0 spiro atoms. The summed E-state index contributed by atoms with van der Waals surface area (Å²) in [6, 6.07) is 16.2. The molecule has 0 atom stereocenters. The molecule has 0 unspecified atom stereocenters. The van der Waals surface area contributed by atoms with Gasteiger partial charge in [-0.2, -0.15) is 0 Å². The van der Waals surface area contributed by atoms with Gasteiger partial charge in [-0.15, -0.1) is 0 Å². The average Bonchev–Trinajstić information content (AvgIpc) is 2.70. The number of ketones is 1. The van der Waals surface area contributed by atoms with Gasteiger partial charge in [-0.05, 0) is 70.8 Å². The van der Waals surface area contributed by atoms with Gasteiger partial charge in [0.1, 0.15) is 11.3 Å². The summed E-state index contributed by atoms with van der Waals surface area (Å²) in [5.41, 5.74) is 5.50. The Kier molecular flexibility index (Phi) is 5.80. The zero-order valence-electron chi connectivity index (χ0n) is 17.1. The number of nitrogens with zero attached hydrogens (tertiary/aromatic N) is 1. The minimum Gasteiger partial charge on any atom is -0.478 e. The molecule has 1 aliphatic rings. The molecular formula is C24H25N2O3+. The molecule has 0 aromatic heterocycles. The van der Waals surface area contributed by atoms with E-state index >= 15 is 0 Å². The summed E-state index contributed by atoms with van der Waals surface area (Å²) in [6.07, 6.45) is 4.48. The predicted octanol–water partition coefficient (Wildman–Crippen LogP) is 2.48. The molecule has 5 nitrogen and oxygen atoms in total. The zero-order valence-corrected chi connectivity index (χ0v) is 17.1. The van der Waals surface area contributed by atoms with Crippen molar-refractivity contribution in [3.8, 4) is 0 Å². The smallest absolute Gasteiger partial charge is 0.339 e. The van der Waals surface area contributed by atoms with Crippen LogP contribution in [0, 0.1) is 0 Å². The van der Waals surface area contributed by atoms with Crippen molar-refractivity contribution in [1.82, 2.24) is 0 Å². The molecule has 0 aliphatic heterocycles. The third-order valence-corrected chi connectivity index (χ3v) is 4.92. The van der Waals surface area contributed by atoms with Crippen molar-refractivity contribution < 1.29 is 19.6 Å². The van der Waals surface area contributed by atoms with Crippen molar-refractivity contribution in [2.75, 3.05) is 33.1 Å². The summed E-state index contributed by atoms with van der Waals surface area (Å²) in [7, 11) is 8.08. The van der Waals surface area contributed by atoms with E-state index in [1.807, 2.05) is 55.4 Å². The van der Waals surface area contributed by atoms with Gasteiger partial charge < -0.3 is 14.9 Å². The molecule has 3 rings (SSSR count). The third-order valence-electron chi connectivity index (χ3n) is 4.92. The standard InChI is InChI=1S/C24H24N2O3/c1-25(2)19-10-5-16(6-11-19)23(17-7-12-20(13-8-17)26(3)4)18-9-14-22(27)21(15-18)24(28)29/h5-15H,1-4H3,(H,28,29)/p+1. The molecule has 0 saturated carbocycles. The first-order valence-corrected chi connectivity index (χ1v) is 9.38. The largest absolute Gasteiger partial charge is 0.478 e. The highest BCUT2D eigenvalue weighted by atomic mass is 16.4. The van der Waals surface area contributed by atoms with E-state index in [0.717, 1.165) is 28.1 Å². The number of benzene rings is 2.